The Hall–Kier alpha value is -1.57. The molecule has 0 fully saturated rings. The lowest BCUT2D eigenvalue weighted by Gasteiger charge is -2.19. The van der Waals surface area contributed by atoms with Crippen LogP contribution in [0.4, 0.5) is 5.69 Å². The van der Waals surface area contributed by atoms with Crippen LogP contribution in [0.2, 0.25) is 0 Å². The summed E-state index contributed by atoms with van der Waals surface area (Å²) in [4.78, 5) is 0. The van der Waals surface area contributed by atoms with Gasteiger partial charge < -0.3 is 15.6 Å². The van der Waals surface area contributed by atoms with Crippen LogP contribution in [0.15, 0.2) is 36.9 Å². The molecule has 0 bridgehead atoms. The Balaban J connectivity index is 2.55. The molecule has 1 rings (SSSR count). The van der Waals surface area contributed by atoms with E-state index in [9.17, 15) is 8.42 Å². The van der Waals surface area contributed by atoms with Crippen molar-refractivity contribution in [3.05, 3.63) is 36.9 Å². The maximum Gasteiger partial charge on any atom is 0.217 e. The Bertz CT molecular complexity index is 531. The molecule has 112 valence electrons. The Morgan fingerprint density at radius 1 is 1.45 bits per heavy atom. The molecule has 0 aromatic heterocycles. The van der Waals surface area contributed by atoms with E-state index in [1.807, 2.05) is 0 Å². The van der Waals surface area contributed by atoms with Crippen molar-refractivity contribution in [1.82, 2.24) is 4.31 Å². The lowest BCUT2D eigenvalue weighted by Crippen LogP contribution is -2.36. The second kappa shape index (κ2) is 7.88. The smallest absolute Gasteiger partial charge is 0.217 e. The molecule has 0 unspecified atom stereocenters. The first-order valence-corrected chi connectivity index (χ1v) is 7.78. The van der Waals surface area contributed by atoms with Gasteiger partial charge in [0.25, 0.3) is 0 Å². The highest BCUT2D eigenvalue weighted by atomic mass is 32.2. The minimum Gasteiger partial charge on any atom is -0.492 e. The van der Waals surface area contributed by atoms with Gasteiger partial charge in [0.1, 0.15) is 12.4 Å². The number of nitrogen functional groups attached to an aromatic ring is 1. The standard InChI is InChI=1S/C13H20N2O4S/c1-2-6-15(7-8-16)20(17,18)10-9-19-13-5-3-4-12(14)11-13/h2-5,11,16H,1,6-10,14H2. The number of sulfonamides is 1. The minimum atomic E-state index is -3.48. The fraction of sp³-hybridized carbons (Fsp3) is 0.385. The predicted octanol–water partition coefficient (Wildman–Crippen LogP) is 0.458. The first-order chi connectivity index (χ1) is 9.49. The van der Waals surface area contributed by atoms with Crippen LogP contribution in [-0.4, -0.2) is 49.9 Å². The molecule has 3 N–H and O–H groups in total. The van der Waals surface area contributed by atoms with Gasteiger partial charge in [0, 0.05) is 24.8 Å². The number of benzene rings is 1. The van der Waals surface area contributed by atoms with Crippen molar-refractivity contribution in [1.29, 1.82) is 0 Å². The first-order valence-electron chi connectivity index (χ1n) is 6.17. The Labute approximate surface area is 119 Å². The largest absolute Gasteiger partial charge is 0.492 e. The van der Waals surface area contributed by atoms with Gasteiger partial charge in [-0.1, -0.05) is 12.1 Å². The predicted molar refractivity (Wildman–Crippen MR) is 79.0 cm³/mol. The van der Waals surface area contributed by atoms with Crippen molar-refractivity contribution in [3.8, 4) is 5.75 Å². The summed E-state index contributed by atoms with van der Waals surface area (Å²) >= 11 is 0. The number of anilines is 1. The quantitative estimate of drug-likeness (QED) is 0.510. The topological polar surface area (TPSA) is 92.9 Å². The molecule has 6 nitrogen and oxygen atoms in total. The molecule has 1 aromatic rings. The average Bonchev–Trinajstić information content (AvgIpc) is 2.38. The van der Waals surface area contributed by atoms with Gasteiger partial charge in [-0.15, -0.1) is 6.58 Å². The average molecular weight is 300 g/mol. The monoisotopic (exact) mass is 300 g/mol. The normalized spacial score (nSPS) is 11.5. The van der Waals surface area contributed by atoms with Crippen molar-refractivity contribution in [2.24, 2.45) is 0 Å². The van der Waals surface area contributed by atoms with Gasteiger partial charge in [0.05, 0.1) is 12.4 Å². The van der Waals surface area contributed by atoms with E-state index >= 15 is 0 Å². The molecule has 0 atom stereocenters. The third kappa shape index (κ3) is 5.20. The summed E-state index contributed by atoms with van der Waals surface area (Å²) in [7, 11) is -3.48. The fourth-order valence-electron chi connectivity index (χ4n) is 1.60. The molecular formula is C13H20N2O4S. The highest BCUT2D eigenvalue weighted by Crippen LogP contribution is 2.14. The second-order valence-corrected chi connectivity index (χ2v) is 6.20. The zero-order valence-electron chi connectivity index (χ0n) is 11.2. The lowest BCUT2D eigenvalue weighted by molar-refractivity contribution is 0.259. The molecule has 0 heterocycles. The van der Waals surface area contributed by atoms with Crippen LogP contribution in [0, 0.1) is 0 Å². The number of hydrogen-bond acceptors (Lipinski definition) is 5. The molecule has 0 aliphatic heterocycles. The summed E-state index contributed by atoms with van der Waals surface area (Å²) in [5, 5.41) is 8.88. The van der Waals surface area contributed by atoms with Crippen LogP contribution in [0.5, 0.6) is 5.75 Å². The molecule has 0 radical (unpaired) electrons. The van der Waals surface area contributed by atoms with Gasteiger partial charge in [-0.05, 0) is 12.1 Å². The van der Waals surface area contributed by atoms with E-state index in [1.165, 1.54) is 10.4 Å². The molecule has 7 heteroatoms. The van der Waals surface area contributed by atoms with E-state index in [0.29, 0.717) is 11.4 Å². The van der Waals surface area contributed by atoms with Crippen molar-refractivity contribution >= 4 is 15.7 Å². The molecule has 0 aliphatic carbocycles. The van der Waals surface area contributed by atoms with Crippen molar-refractivity contribution in [2.75, 3.05) is 37.8 Å². The van der Waals surface area contributed by atoms with E-state index < -0.39 is 10.0 Å². The van der Waals surface area contributed by atoms with Gasteiger partial charge in [-0.3, -0.25) is 0 Å². The van der Waals surface area contributed by atoms with Crippen molar-refractivity contribution in [2.45, 2.75) is 0 Å². The molecule has 0 saturated heterocycles. The van der Waals surface area contributed by atoms with Crippen LogP contribution < -0.4 is 10.5 Å². The zero-order chi connectivity index (χ0) is 15.0. The van der Waals surface area contributed by atoms with E-state index in [-0.39, 0.29) is 32.1 Å². The molecule has 1 aromatic carbocycles. The Morgan fingerprint density at radius 2 is 2.20 bits per heavy atom. The number of ether oxygens (including phenoxy) is 1. The maximum absolute atomic E-state index is 12.0. The number of aliphatic hydroxyl groups is 1. The van der Waals surface area contributed by atoms with Gasteiger partial charge >= 0.3 is 0 Å². The number of nitrogens with two attached hydrogens (primary N) is 1. The summed E-state index contributed by atoms with van der Waals surface area (Å²) in [5.41, 5.74) is 6.15. The summed E-state index contributed by atoms with van der Waals surface area (Å²) in [5.74, 6) is 0.355. The van der Waals surface area contributed by atoms with Crippen molar-refractivity contribution < 1.29 is 18.3 Å². The Kier molecular flexibility index (Phi) is 6.50. The summed E-state index contributed by atoms with van der Waals surface area (Å²) in [6, 6.07) is 6.78. The van der Waals surface area contributed by atoms with Gasteiger partial charge in [0.15, 0.2) is 0 Å². The van der Waals surface area contributed by atoms with Crippen LogP contribution >= 0.6 is 0 Å². The molecule has 0 amide bonds. The Morgan fingerprint density at radius 3 is 2.80 bits per heavy atom. The first kappa shape index (κ1) is 16.5. The van der Waals surface area contributed by atoms with Gasteiger partial charge in [0.2, 0.25) is 10.0 Å². The van der Waals surface area contributed by atoms with Crippen LogP contribution in [0.3, 0.4) is 0 Å². The van der Waals surface area contributed by atoms with Crippen LogP contribution in [0.1, 0.15) is 0 Å². The molecule has 0 saturated carbocycles. The zero-order valence-corrected chi connectivity index (χ0v) is 12.1. The highest BCUT2D eigenvalue weighted by Gasteiger charge is 2.20. The third-order valence-corrected chi connectivity index (χ3v) is 4.34. The second-order valence-electron chi connectivity index (χ2n) is 4.11. The molecule has 0 spiro atoms. The fourth-order valence-corrected chi connectivity index (χ4v) is 2.84. The maximum atomic E-state index is 12.0. The third-order valence-electron chi connectivity index (χ3n) is 2.54. The summed E-state index contributed by atoms with van der Waals surface area (Å²) < 4.78 is 30.6. The van der Waals surface area contributed by atoms with E-state index in [2.05, 4.69) is 6.58 Å². The van der Waals surface area contributed by atoms with E-state index in [0.717, 1.165) is 0 Å². The lowest BCUT2D eigenvalue weighted by atomic mass is 10.3. The SMILES string of the molecule is C=CCN(CCO)S(=O)(=O)CCOc1cccc(N)c1. The van der Waals surface area contributed by atoms with Crippen molar-refractivity contribution in [3.63, 3.8) is 0 Å². The van der Waals surface area contributed by atoms with Gasteiger partial charge in [-0.25, -0.2) is 8.42 Å². The van der Waals surface area contributed by atoms with Gasteiger partial charge in [-0.2, -0.15) is 4.31 Å². The van der Waals surface area contributed by atoms with E-state index in [1.54, 1.807) is 24.3 Å². The molecular weight excluding hydrogens is 280 g/mol. The summed E-state index contributed by atoms with van der Waals surface area (Å²) in [6.45, 7) is 3.50. The number of aliphatic hydroxyl groups excluding tert-OH is 1. The minimum absolute atomic E-state index is 0.0187. The summed E-state index contributed by atoms with van der Waals surface area (Å²) in [6.07, 6.45) is 1.48. The molecule has 20 heavy (non-hydrogen) atoms. The highest BCUT2D eigenvalue weighted by molar-refractivity contribution is 7.89. The molecule has 0 aliphatic rings. The number of rotatable bonds is 9. The number of hydrogen-bond donors (Lipinski definition) is 2. The van der Waals surface area contributed by atoms with E-state index in [4.69, 9.17) is 15.6 Å². The van der Waals surface area contributed by atoms with Crippen LogP contribution in [0.25, 0.3) is 0 Å². The number of nitrogens with zero attached hydrogens (tertiary/aromatic N) is 1. The van der Waals surface area contributed by atoms with Crippen LogP contribution in [-0.2, 0) is 10.0 Å².